The van der Waals surface area contributed by atoms with Crippen molar-refractivity contribution in [2.75, 3.05) is 0 Å². The van der Waals surface area contributed by atoms with Crippen LogP contribution in [0.2, 0.25) is 0 Å². The third-order valence-corrected chi connectivity index (χ3v) is 6.83. The average molecular weight is 356 g/mol. The van der Waals surface area contributed by atoms with Gasteiger partial charge in [-0.15, -0.1) is 0 Å². The minimum Gasteiger partial charge on any atom is -0.200 e. The van der Waals surface area contributed by atoms with Crippen LogP contribution in [-0.2, 0) is 10.0 Å². The van der Waals surface area contributed by atoms with Crippen LogP contribution in [0.3, 0.4) is 0 Å². The van der Waals surface area contributed by atoms with Crippen LogP contribution in [-0.4, -0.2) is 24.6 Å². The highest BCUT2D eigenvalue weighted by molar-refractivity contribution is 7.89. The van der Waals surface area contributed by atoms with E-state index in [4.69, 9.17) is 0 Å². The van der Waals surface area contributed by atoms with Crippen LogP contribution >= 0.6 is 0 Å². The van der Waals surface area contributed by atoms with Crippen LogP contribution in [0.1, 0.15) is 37.5 Å². The molecular weight excluding hydrogens is 332 g/mol. The van der Waals surface area contributed by atoms with Crippen molar-refractivity contribution in [1.82, 2.24) is 4.41 Å². The van der Waals surface area contributed by atoms with Gasteiger partial charge < -0.3 is 0 Å². The van der Waals surface area contributed by atoms with E-state index in [0.717, 1.165) is 22.4 Å². The highest BCUT2D eigenvalue weighted by atomic mass is 32.2. The Morgan fingerprint density at radius 3 is 1.92 bits per heavy atom. The molecule has 0 aromatic heterocycles. The molecule has 0 bridgehead atoms. The zero-order valence-electron chi connectivity index (χ0n) is 15.3. The zero-order chi connectivity index (χ0) is 18.4. The van der Waals surface area contributed by atoms with Crippen LogP contribution in [0, 0.1) is 19.3 Å². The molecule has 25 heavy (non-hydrogen) atoms. The number of nitrogens with zero attached hydrogens (tertiary/aromatic N) is 2. The number of rotatable bonds is 3. The van der Waals surface area contributed by atoms with Crippen molar-refractivity contribution in [3.8, 4) is 0 Å². The maximum atomic E-state index is 13.1. The van der Waals surface area contributed by atoms with E-state index in [2.05, 4.69) is 5.10 Å². The third-order valence-electron chi connectivity index (χ3n) is 5.07. The molecule has 0 radical (unpaired) electrons. The van der Waals surface area contributed by atoms with Gasteiger partial charge in [0, 0.05) is 5.41 Å². The molecule has 5 heteroatoms. The number of hydrogen-bond acceptors (Lipinski definition) is 3. The van der Waals surface area contributed by atoms with Gasteiger partial charge in [0.2, 0.25) is 0 Å². The molecule has 0 saturated heterocycles. The van der Waals surface area contributed by atoms with Gasteiger partial charge in [-0.25, -0.2) is 0 Å². The Morgan fingerprint density at radius 2 is 1.40 bits per heavy atom. The normalized spacial score (nSPS) is 19.8. The van der Waals surface area contributed by atoms with Crippen molar-refractivity contribution in [3.05, 3.63) is 65.2 Å². The van der Waals surface area contributed by atoms with Crippen LogP contribution in [0.25, 0.3) is 0 Å². The molecule has 1 atom stereocenters. The lowest BCUT2D eigenvalue weighted by Crippen LogP contribution is -2.40. The first-order valence-electron chi connectivity index (χ1n) is 8.41. The molecule has 4 nitrogen and oxygen atoms in total. The summed E-state index contributed by atoms with van der Waals surface area (Å²) in [5, 5.41) is 4.55. The SMILES string of the molecule is Cc1ccc(C2=NN(S(=O)(=O)c3ccc(C)cc3)[C@@H](C)C2(C)C)cc1. The summed E-state index contributed by atoms with van der Waals surface area (Å²) in [5.41, 5.74) is 3.57. The Labute approximate surface area is 150 Å². The molecule has 132 valence electrons. The molecule has 1 heterocycles. The summed E-state index contributed by atoms with van der Waals surface area (Å²) in [7, 11) is -3.68. The topological polar surface area (TPSA) is 49.7 Å². The van der Waals surface area contributed by atoms with Crippen molar-refractivity contribution >= 4 is 15.7 Å². The molecule has 0 amide bonds. The van der Waals surface area contributed by atoms with Gasteiger partial charge in [-0.05, 0) is 38.5 Å². The van der Waals surface area contributed by atoms with Crippen LogP contribution in [0.5, 0.6) is 0 Å². The van der Waals surface area contributed by atoms with Crippen molar-refractivity contribution < 1.29 is 8.42 Å². The predicted octanol–water partition coefficient (Wildman–Crippen LogP) is 4.13. The fourth-order valence-corrected chi connectivity index (χ4v) is 4.57. The summed E-state index contributed by atoms with van der Waals surface area (Å²) in [6, 6.07) is 14.7. The fourth-order valence-electron chi connectivity index (χ4n) is 3.01. The second kappa shape index (κ2) is 5.99. The van der Waals surface area contributed by atoms with Gasteiger partial charge in [0.15, 0.2) is 0 Å². The number of aryl methyl sites for hydroxylation is 2. The summed E-state index contributed by atoms with van der Waals surface area (Å²) >= 11 is 0. The van der Waals surface area contributed by atoms with Gasteiger partial charge in [0.1, 0.15) is 0 Å². The Bertz CT molecular complexity index is 911. The molecule has 3 rings (SSSR count). The minimum absolute atomic E-state index is 0.268. The maximum absolute atomic E-state index is 13.1. The molecule has 0 aliphatic carbocycles. The molecule has 0 fully saturated rings. The number of hydrazone groups is 1. The maximum Gasteiger partial charge on any atom is 0.279 e. The Balaban J connectivity index is 2.07. The molecule has 0 spiro atoms. The van der Waals surface area contributed by atoms with Crippen molar-refractivity contribution in [1.29, 1.82) is 0 Å². The summed E-state index contributed by atoms with van der Waals surface area (Å²) in [5.74, 6) is 0. The molecule has 0 saturated carbocycles. The smallest absolute Gasteiger partial charge is 0.200 e. The van der Waals surface area contributed by atoms with E-state index in [1.54, 1.807) is 12.1 Å². The summed E-state index contributed by atoms with van der Waals surface area (Å²) in [4.78, 5) is 0.273. The van der Waals surface area contributed by atoms with Gasteiger partial charge >= 0.3 is 0 Å². The first-order chi connectivity index (χ1) is 11.6. The largest absolute Gasteiger partial charge is 0.279 e. The summed E-state index contributed by atoms with van der Waals surface area (Å²) < 4.78 is 27.5. The average Bonchev–Trinajstić information content (AvgIpc) is 2.80. The lowest BCUT2D eigenvalue weighted by atomic mass is 9.79. The van der Waals surface area contributed by atoms with Gasteiger partial charge in [-0.3, -0.25) is 0 Å². The lowest BCUT2D eigenvalue weighted by molar-refractivity contribution is 0.282. The molecule has 2 aromatic carbocycles. The van der Waals surface area contributed by atoms with E-state index in [-0.39, 0.29) is 16.4 Å². The van der Waals surface area contributed by atoms with Crippen molar-refractivity contribution in [2.45, 2.75) is 45.6 Å². The predicted molar refractivity (Wildman–Crippen MR) is 101 cm³/mol. The first kappa shape index (κ1) is 17.7. The molecule has 2 aromatic rings. The van der Waals surface area contributed by atoms with Crippen molar-refractivity contribution in [2.24, 2.45) is 10.5 Å². The fraction of sp³-hybridized carbons (Fsp3) is 0.350. The van der Waals surface area contributed by atoms with E-state index in [1.165, 1.54) is 4.41 Å². The third kappa shape index (κ3) is 2.97. The molecule has 0 unspecified atom stereocenters. The standard InChI is InChI=1S/C20H24N2O2S/c1-14-6-10-17(11-7-14)19-20(4,5)16(3)22(21-19)25(23,24)18-12-8-15(2)9-13-18/h6-13,16H,1-5H3/t16-/m0/s1. The number of sulfonamides is 1. The zero-order valence-corrected chi connectivity index (χ0v) is 16.1. The number of benzene rings is 2. The highest BCUT2D eigenvalue weighted by Crippen LogP contribution is 2.39. The first-order valence-corrected chi connectivity index (χ1v) is 9.85. The Kier molecular flexibility index (Phi) is 4.23. The minimum atomic E-state index is -3.68. The van der Waals surface area contributed by atoms with E-state index in [0.29, 0.717) is 0 Å². The van der Waals surface area contributed by atoms with Gasteiger partial charge in [0.05, 0.1) is 16.6 Å². The lowest BCUT2D eigenvalue weighted by Gasteiger charge is -2.29. The van der Waals surface area contributed by atoms with E-state index < -0.39 is 10.0 Å². The molecule has 1 aliphatic heterocycles. The highest BCUT2D eigenvalue weighted by Gasteiger charge is 2.46. The van der Waals surface area contributed by atoms with Crippen LogP contribution < -0.4 is 0 Å². The van der Waals surface area contributed by atoms with E-state index in [1.807, 2.05) is 71.0 Å². The van der Waals surface area contributed by atoms with Crippen LogP contribution in [0.15, 0.2) is 58.5 Å². The molecule has 0 N–H and O–H groups in total. The second-order valence-corrected chi connectivity index (χ2v) is 9.10. The Hall–Kier alpha value is -2.14. The van der Waals surface area contributed by atoms with Gasteiger partial charge in [0.25, 0.3) is 10.0 Å². The number of hydrogen-bond donors (Lipinski definition) is 0. The molecule has 1 aliphatic rings. The second-order valence-electron chi connectivity index (χ2n) is 7.30. The molecular formula is C20H24N2O2S. The quantitative estimate of drug-likeness (QED) is 0.830. The van der Waals surface area contributed by atoms with Gasteiger partial charge in [-0.2, -0.15) is 17.9 Å². The van der Waals surface area contributed by atoms with E-state index in [9.17, 15) is 8.42 Å². The van der Waals surface area contributed by atoms with Crippen LogP contribution in [0.4, 0.5) is 0 Å². The summed E-state index contributed by atoms with van der Waals surface area (Å²) in [6.07, 6.45) is 0. The van der Waals surface area contributed by atoms with Gasteiger partial charge in [-0.1, -0.05) is 61.4 Å². The van der Waals surface area contributed by atoms with E-state index >= 15 is 0 Å². The van der Waals surface area contributed by atoms with Crippen molar-refractivity contribution in [3.63, 3.8) is 0 Å². The Morgan fingerprint density at radius 1 is 0.920 bits per heavy atom. The monoisotopic (exact) mass is 356 g/mol. The summed E-state index contributed by atoms with van der Waals surface area (Å²) in [6.45, 7) is 9.96.